The van der Waals surface area contributed by atoms with E-state index in [-0.39, 0.29) is 23.5 Å². The van der Waals surface area contributed by atoms with Crippen molar-refractivity contribution in [1.82, 2.24) is 4.90 Å². The number of hydrogen-bond acceptors (Lipinski definition) is 3. The van der Waals surface area contributed by atoms with Gasteiger partial charge in [0.15, 0.2) is 0 Å². The van der Waals surface area contributed by atoms with Gasteiger partial charge in [-0.1, -0.05) is 39.8 Å². The Morgan fingerprint density at radius 2 is 1.78 bits per heavy atom. The van der Waals surface area contributed by atoms with E-state index in [2.05, 4.69) is 33.0 Å². The third kappa shape index (κ3) is 4.99. The lowest BCUT2D eigenvalue weighted by Gasteiger charge is -2.29. The molecule has 0 aliphatic carbocycles. The summed E-state index contributed by atoms with van der Waals surface area (Å²) < 4.78 is 0. The fraction of sp³-hybridized carbons (Fsp3) is 0.556. The van der Waals surface area contributed by atoms with Gasteiger partial charge in [-0.05, 0) is 24.0 Å². The van der Waals surface area contributed by atoms with E-state index in [9.17, 15) is 9.59 Å². The molecule has 0 radical (unpaired) electrons. The van der Waals surface area contributed by atoms with Crippen LogP contribution in [0.3, 0.4) is 0 Å². The normalized spacial score (nSPS) is 17.1. The van der Waals surface area contributed by atoms with Gasteiger partial charge in [-0.2, -0.15) is 0 Å². The minimum atomic E-state index is -0.348. The molecule has 1 aromatic rings. The second-order valence-corrected chi connectivity index (χ2v) is 8.13. The molecular weight excluding hydrogens is 308 g/mol. The second kappa shape index (κ2) is 7.86. The molecule has 1 N–H and O–H groups in total. The van der Waals surface area contributed by atoms with Crippen LogP contribution in [0.4, 0.5) is 5.69 Å². The van der Waals surface area contributed by atoms with Crippen LogP contribution in [0.1, 0.15) is 34.1 Å². The summed E-state index contributed by atoms with van der Waals surface area (Å²) in [6, 6.07) is 7.73. The Hall–Kier alpha value is -1.49. The summed E-state index contributed by atoms with van der Waals surface area (Å²) in [4.78, 5) is 27.9. The van der Waals surface area contributed by atoms with Crippen LogP contribution in [0.2, 0.25) is 0 Å². The average molecular weight is 334 g/mol. The Kier molecular flexibility index (Phi) is 6.10. The van der Waals surface area contributed by atoms with Crippen LogP contribution < -0.4 is 5.32 Å². The third-order valence-corrected chi connectivity index (χ3v) is 4.87. The zero-order valence-corrected chi connectivity index (χ0v) is 15.2. The number of benzene rings is 1. The molecule has 23 heavy (non-hydrogen) atoms. The maximum absolute atomic E-state index is 12.7. The van der Waals surface area contributed by atoms with E-state index >= 15 is 0 Å². The number of nitrogens with zero attached hydrogens (tertiary/aromatic N) is 1. The number of anilines is 1. The highest BCUT2D eigenvalue weighted by Crippen LogP contribution is 2.36. The van der Waals surface area contributed by atoms with Crippen LogP contribution >= 0.6 is 11.8 Å². The fourth-order valence-electron chi connectivity index (χ4n) is 2.67. The van der Waals surface area contributed by atoms with Gasteiger partial charge in [-0.15, -0.1) is 11.8 Å². The third-order valence-electron chi connectivity index (χ3n) is 3.59. The number of nitrogens with one attached hydrogen (secondary N) is 1. The lowest BCUT2D eigenvalue weighted by molar-refractivity contribution is -0.133. The molecule has 1 heterocycles. The Morgan fingerprint density at radius 1 is 1.17 bits per heavy atom. The Labute approximate surface area is 143 Å². The summed E-state index contributed by atoms with van der Waals surface area (Å²) in [5.41, 5.74) is 0.840. The monoisotopic (exact) mass is 334 g/mol. The summed E-state index contributed by atoms with van der Waals surface area (Å²) in [6.45, 7) is 9.93. The van der Waals surface area contributed by atoms with Crippen molar-refractivity contribution >= 4 is 29.3 Å². The Balaban J connectivity index is 2.04. The second-order valence-electron chi connectivity index (χ2n) is 6.88. The molecule has 0 aromatic heterocycles. The van der Waals surface area contributed by atoms with E-state index in [1.807, 2.05) is 29.2 Å². The molecule has 4 nitrogen and oxygen atoms in total. The van der Waals surface area contributed by atoms with E-state index in [0.717, 1.165) is 23.7 Å². The molecule has 2 amide bonds. The molecular formula is C18H26N2O2S. The number of carbonyl (C=O) groups excluding carboxylic acids is 2. The van der Waals surface area contributed by atoms with Crippen molar-refractivity contribution in [2.24, 2.45) is 11.8 Å². The van der Waals surface area contributed by atoms with Gasteiger partial charge in [0.1, 0.15) is 0 Å². The fourth-order valence-corrected chi connectivity index (χ4v) is 3.78. The zero-order valence-electron chi connectivity index (χ0n) is 14.3. The van der Waals surface area contributed by atoms with Crippen LogP contribution in [-0.2, 0) is 9.59 Å². The molecule has 2 rings (SSSR count). The smallest absolute Gasteiger partial charge is 0.238 e. The molecule has 1 atom stereocenters. The maximum atomic E-state index is 12.7. The first-order chi connectivity index (χ1) is 10.9. The average Bonchev–Trinajstić information content (AvgIpc) is 2.46. The lowest BCUT2D eigenvalue weighted by atomic mass is 10.1. The molecule has 1 aliphatic heterocycles. The first-order valence-corrected chi connectivity index (χ1v) is 9.09. The van der Waals surface area contributed by atoms with E-state index in [4.69, 9.17) is 0 Å². The van der Waals surface area contributed by atoms with Gasteiger partial charge >= 0.3 is 0 Å². The molecule has 0 saturated carbocycles. The van der Waals surface area contributed by atoms with Crippen molar-refractivity contribution in [3.8, 4) is 0 Å². The minimum Gasteiger partial charge on any atom is -0.342 e. The van der Waals surface area contributed by atoms with Crippen molar-refractivity contribution in [3.05, 3.63) is 24.3 Å². The van der Waals surface area contributed by atoms with Crippen molar-refractivity contribution < 1.29 is 9.59 Å². The zero-order chi connectivity index (χ0) is 17.0. The molecule has 0 bridgehead atoms. The number of para-hydroxylation sites is 1. The molecule has 1 aromatic carbocycles. The van der Waals surface area contributed by atoms with Gasteiger partial charge in [0.05, 0.1) is 10.9 Å². The largest absolute Gasteiger partial charge is 0.342 e. The van der Waals surface area contributed by atoms with Gasteiger partial charge < -0.3 is 10.2 Å². The van der Waals surface area contributed by atoms with Crippen molar-refractivity contribution in [1.29, 1.82) is 0 Å². The van der Waals surface area contributed by atoms with E-state index in [1.54, 1.807) is 0 Å². The Bertz CT molecular complexity index is 562. The van der Waals surface area contributed by atoms with E-state index in [1.165, 1.54) is 11.8 Å². The van der Waals surface area contributed by atoms with Crippen molar-refractivity contribution in [2.75, 3.05) is 18.4 Å². The molecule has 0 fully saturated rings. The predicted octanol–water partition coefficient (Wildman–Crippen LogP) is 3.63. The van der Waals surface area contributed by atoms with Crippen molar-refractivity contribution in [3.63, 3.8) is 0 Å². The summed E-state index contributed by atoms with van der Waals surface area (Å²) >= 11 is 1.49. The van der Waals surface area contributed by atoms with Gasteiger partial charge in [0.2, 0.25) is 11.8 Å². The van der Waals surface area contributed by atoms with E-state index in [0.29, 0.717) is 11.8 Å². The lowest BCUT2D eigenvalue weighted by Crippen LogP contribution is -2.40. The van der Waals surface area contributed by atoms with Crippen LogP contribution in [-0.4, -0.2) is 35.1 Å². The molecule has 0 saturated heterocycles. The number of hydrogen-bond donors (Lipinski definition) is 1. The minimum absolute atomic E-state index is 0.0689. The first kappa shape index (κ1) is 17.9. The van der Waals surface area contributed by atoms with Gasteiger partial charge in [0.25, 0.3) is 0 Å². The van der Waals surface area contributed by atoms with Crippen LogP contribution in [0.15, 0.2) is 29.2 Å². The topological polar surface area (TPSA) is 49.4 Å². The quantitative estimate of drug-likeness (QED) is 0.864. The van der Waals surface area contributed by atoms with Gasteiger partial charge in [-0.3, -0.25) is 9.59 Å². The van der Waals surface area contributed by atoms with Gasteiger partial charge in [-0.25, -0.2) is 0 Å². The standard InChI is InChI=1S/C18H26N2O2S/c1-12(2)10-20(11-13(3)4)17(21)9-16-18(22)19-14-7-5-6-8-15(14)23-16/h5-8,12-13,16H,9-11H2,1-4H3,(H,19,22)/t16-/m0/s1. The summed E-state index contributed by atoms with van der Waals surface area (Å²) in [7, 11) is 0. The summed E-state index contributed by atoms with van der Waals surface area (Å²) in [5, 5.41) is 2.56. The van der Waals surface area contributed by atoms with Gasteiger partial charge in [0, 0.05) is 24.4 Å². The highest BCUT2D eigenvalue weighted by atomic mass is 32.2. The highest BCUT2D eigenvalue weighted by molar-refractivity contribution is 8.01. The summed E-state index contributed by atoms with van der Waals surface area (Å²) in [5.74, 6) is 0.841. The van der Waals surface area contributed by atoms with Crippen molar-refractivity contribution in [2.45, 2.75) is 44.3 Å². The molecule has 0 unspecified atom stereocenters. The maximum Gasteiger partial charge on any atom is 0.238 e. The Morgan fingerprint density at radius 3 is 2.39 bits per heavy atom. The number of thioether (sulfide) groups is 1. The molecule has 1 aliphatic rings. The first-order valence-electron chi connectivity index (χ1n) is 8.21. The molecule has 126 valence electrons. The number of amides is 2. The van der Waals surface area contributed by atoms with Crippen LogP contribution in [0, 0.1) is 11.8 Å². The predicted molar refractivity (Wildman–Crippen MR) is 95.6 cm³/mol. The van der Waals surface area contributed by atoms with Crippen LogP contribution in [0.25, 0.3) is 0 Å². The molecule has 5 heteroatoms. The number of rotatable bonds is 6. The highest BCUT2D eigenvalue weighted by Gasteiger charge is 2.30. The van der Waals surface area contributed by atoms with E-state index < -0.39 is 0 Å². The van der Waals surface area contributed by atoms with Crippen LogP contribution in [0.5, 0.6) is 0 Å². The SMILES string of the molecule is CC(C)CN(CC(C)C)C(=O)C[C@@H]1Sc2ccccc2NC1=O. The molecule has 0 spiro atoms. The number of carbonyl (C=O) groups is 2. The number of fused-ring (bicyclic) bond motifs is 1. The summed E-state index contributed by atoms with van der Waals surface area (Å²) in [6.07, 6.45) is 0.254.